The van der Waals surface area contributed by atoms with Crippen LogP contribution in [0.25, 0.3) is 0 Å². The highest BCUT2D eigenvalue weighted by atomic mass is 35.5. The van der Waals surface area contributed by atoms with E-state index in [0.717, 1.165) is 5.56 Å². The molecule has 0 aliphatic heterocycles. The van der Waals surface area contributed by atoms with Crippen LogP contribution in [0, 0.1) is 0 Å². The van der Waals surface area contributed by atoms with Gasteiger partial charge in [0.2, 0.25) is 0 Å². The second kappa shape index (κ2) is 4.77. The van der Waals surface area contributed by atoms with Crippen molar-refractivity contribution in [1.82, 2.24) is 9.97 Å². The fraction of sp³-hybridized carbons (Fsp3) is 0.375. The van der Waals surface area contributed by atoms with Gasteiger partial charge in [0, 0.05) is 17.7 Å². The van der Waals surface area contributed by atoms with Gasteiger partial charge in [-0.2, -0.15) is 0 Å². The van der Waals surface area contributed by atoms with Crippen molar-refractivity contribution in [2.45, 2.75) is 12.8 Å². The Kier molecular flexibility index (Phi) is 3.64. The van der Waals surface area contributed by atoms with E-state index in [1.807, 2.05) is 6.92 Å². The van der Waals surface area contributed by atoms with Gasteiger partial charge in [-0.3, -0.25) is 4.79 Å². The zero-order valence-corrected chi connectivity index (χ0v) is 7.86. The van der Waals surface area contributed by atoms with E-state index in [2.05, 4.69) is 14.7 Å². The van der Waals surface area contributed by atoms with E-state index in [0.29, 0.717) is 11.6 Å². The van der Waals surface area contributed by atoms with Crippen molar-refractivity contribution >= 4 is 18.1 Å². The van der Waals surface area contributed by atoms with Gasteiger partial charge in [0.05, 0.1) is 6.61 Å². The van der Waals surface area contributed by atoms with E-state index in [4.69, 9.17) is 11.6 Å². The molecule has 0 saturated carbocycles. The Hall–Kier alpha value is -1.16. The van der Waals surface area contributed by atoms with Gasteiger partial charge in [0.1, 0.15) is 11.5 Å². The van der Waals surface area contributed by atoms with Crippen LogP contribution >= 0.6 is 11.6 Å². The van der Waals surface area contributed by atoms with Crippen LogP contribution in [0.4, 0.5) is 0 Å². The lowest BCUT2D eigenvalue weighted by Crippen LogP contribution is -2.05. The van der Waals surface area contributed by atoms with Crippen molar-refractivity contribution in [2.75, 3.05) is 6.61 Å². The third kappa shape index (κ3) is 2.66. The molecule has 1 aromatic rings. The van der Waals surface area contributed by atoms with Crippen molar-refractivity contribution in [3.8, 4) is 0 Å². The lowest BCUT2D eigenvalue weighted by atomic mass is 10.1. The van der Waals surface area contributed by atoms with Crippen LogP contribution in [0.3, 0.4) is 0 Å². The van der Waals surface area contributed by atoms with Crippen molar-refractivity contribution in [3.05, 3.63) is 23.2 Å². The van der Waals surface area contributed by atoms with Crippen LogP contribution < -0.4 is 0 Å². The third-order valence-electron chi connectivity index (χ3n) is 1.63. The molecule has 1 unspecified atom stereocenters. The summed E-state index contributed by atoms with van der Waals surface area (Å²) in [5, 5.41) is 0.400. The van der Waals surface area contributed by atoms with Crippen molar-refractivity contribution in [2.24, 2.45) is 0 Å². The first-order valence-corrected chi connectivity index (χ1v) is 4.14. The summed E-state index contributed by atoms with van der Waals surface area (Å²) in [6.45, 7) is 2.58. The highest BCUT2D eigenvalue weighted by Gasteiger charge is 2.10. The number of rotatable bonds is 4. The summed E-state index contributed by atoms with van der Waals surface area (Å²) in [6.07, 6.45) is 2.99. The number of hydrogen-bond acceptors (Lipinski definition) is 4. The van der Waals surface area contributed by atoms with Crippen molar-refractivity contribution in [1.29, 1.82) is 0 Å². The molecule has 1 aromatic heterocycles. The van der Waals surface area contributed by atoms with Crippen LogP contribution in [-0.4, -0.2) is 23.0 Å². The van der Waals surface area contributed by atoms with E-state index in [9.17, 15) is 4.79 Å². The van der Waals surface area contributed by atoms with Crippen molar-refractivity contribution in [3.63, 3.8) is 0 Å². The van der Waals surface area contributed by atoms with Gasteiger partial charge in [0.25, 0.3) is 6.47 Å². The first-order chi connectivity index (χ1) is 6.25. The van der Waals surface area contributed by atoms with Crippen LogP contribution in [0.2, 0.25) is 5.15 Å². The molecule has 5 heteroatoms. The zero-order chi connectivity index (χ0) is 9.68. The molecule has 4 nitrogen and oxygen atoms in total. The number of carbonyl (C=O) groups is 1. The number of carbonyl (C=O) groups excluding carboxylic acids is 1. The van der Waals surface area contributed by atoms with Gasteiger partial charge in [-0.1, -0.05) is 18.5 Å². The molecule has 0 fully saturated rings. The van der Waals surface area contributed by atoms with Gasteiger partial charge in [0.15, 0.2) is 0 Å². The minimum atomic E-state index is 0.0129. The predicted octanol–water partition coefficient (Wildman–Crippen LogP) is 1.41. The lowest BCUT2D eigenvalue weighted by Gasteiger charge is -2.09. The molecular weight excluding hydrogens is 192 g/mol. The Bertz CT molecular complexity index is 293. The maximum absolute atomic E-state index is 9.94. The van der Waals surface area contributed by atoms with E-state index in [1.165, 1.54) is 6.33 Å². The number of aromatic nitrogens is 2. The molecule has 0 spiro atoms. The molecule has 0 radical (unpaired) electrons. The molecule has 0 bridgehead atoms. The van der Waals surface area contributed by atoms with Crippen LogP contribution in [0.15, 0.2) is 12.5 Å². The molecule has 0 saturated heterocycles. The van der Waals surface area contributed by atoms with Gasteiger partial charge in [-0.25, -0.2) is 9.97 Å². The van der Waals surface area contributed by atoms with E-state index >= 15 is 0 Å². The lowest BCUT2D eigenvalue weighted by molar-refractivity contribution is -0.129. The number of hydrogen-bond donors (Lipinski definition) is 0. The largest absolute Gasteiger partial charge is 0.467 e. The third-order valence-corrected chi connectivity index (χ3v) is 1.95. The Morgan fingerprint density at radius 3 is 3.15 bits per heavy atom. The number of ether oxygens (including phenoxy) is 1. The Balaban J connectivity index is 2.70. The average molecular weight is 201 g/mol. The molecule has 70 valence electrons. The number of nitrogens with zero attached hydrogens (tertiary/aromatic N) is 2. The predicted molar refractivity (Wildman–Crippen MR) is 47.5 cm³/mol. The monoisotopic (exact) mass is 200 g/mol. The summed E-state index contributed by atoms with van der Waals surface area (Å²) >= 11 is 5.80. The zero-order valence-electron chi connectivity index (χ0n) is 7.11. The van der Waals surface area contributed by atoms with Gasteiger partial charge >= 0.3 is 0 Å². The number of halogens is 1. The Morgan fingerprint density at radius 1 is 1.77 bits per heavy atom. The minimum Gasteiger partial charge on any atom is -0.467 e. The van der Waals surface area contributed by atoms with E-state index in [1.54, 1.807) is 6.20 Å². The fourth-order valence-corrected chi connectivity index (χ4v) is 1.21. The first kappa shape index (κ1) is 9.92. The summed E-state index contributed by atoms with van der Waals surface area (Å²) < 4.78 is 4.61. The molecule has 0 amide bonds. The summed E-state index contributed by atoms with van der Waals surface area (Å²) in [6, 6.07) is 0. The second-order valence-corrected chi connectivity index (χ2v) is 2.96. The Labute approximate surface area is 80.9 Å². The SMILES string of the molecule is CC(COC=O)c1cncnc1Cl. The molecule has 1 heterocycles. The van der Waals surface area contributed by atoms with Gasteiger partial charge < -0.3 is 4.74 Å². The normalized spacial score (nSPS) is 12.2. The smallest absolute Gasteiger partial charge is 0.293 e. The maximum Gasteiger partial charge on any atom is 0.293 e. The second-order valence-electron chi connectivity index (χ2n) is 2.60. The van der Waals surface area contributed by atoms with Crippen molar-refractivity contribution < 1.29 is 9.53 Å². The summed E-state index contributed by atoms with van der Waals surface area (Å²) in [7, 11) is 0. The van der Waals surface area contributed by atoms with Gasteiger partial charge in [-0.05, 0) is 0 Å². The topological polar surface area (TPSA) is 52.1 Å². The maximum atomic E-state index is 9.94. The Morgan fingerprint density at radius 2 is 2.54 bits per heavy atom. The molecular formula is C8H9ClN2O2. The molecule has 13 heavy (non-hydrogen) atoms. The molecule has 0 aromatic carbocycles. The van der Waals surface area contributed by atoms with Crippen LogP contribution in [-0.2, 0) is 9.53 Å². The summed E-state index contributed by atoms with van der Waals surface area (Å²) in [4.78, 5) is 17.6. The standard InChI is InChI=1S/C8H9ClN2O2/c1-6(3-13-5-12)7-2-10-4-11-8(7)9/h2,4-6H,3H2,1H3. The fourth-order valence-electron chi connectivity index (χ4n) is 0.929. The summed E-state index contributed by atoms with van der Waals surface area (Å²) in [5.41, 5.74) is 0.783. The van der Waals surface area contributed by atoms with Crippen LogP contribution in [0.1, 0.15) is 18.4 Å². The van der Waals surface area contributed by atoms with Crippen LogP contribution in [0.5, 0.6) is 0 Å². The first-order valence-electron chi connectivity index (χ1n) is 3.76. The minimum absolute atomic E-state index is 0.0129. The summed E-state index contributed by atoms with van der Waals surface area (Å²) in [5.74, 6) is 0.0129. The van der Waals surface area contributed by atoms with Gasteiger partial charge in [-0.15, -0.1) is 0 Å². The highest BCUT2D eigenvalue weighted by molar-refractivity contribution is 6.30. The molecule has 1 rings (SSSR count). The molecule has 0 aliphatic carbocycles. The average Bonchev–Trinajstić information content (AvgIpc) is 2.15. The quantitative estimate of drug-likeness (QED) is 0.545. The van der Waals surface area contributed by atoms with E-state index < -0.39 is 0 Å². The molecule has 0 N–H and O–H groups in total. The molecule has 0 aliphatic rings. The highest BCUT2D eigenvalue weighted by Crippen LogP contribution is 2.20. The van der Waals surface area contributed by atoms with E-state index in [-0.39, 0.29) is 12.5 Å². The molecule has 1 atom stereocenters.